The summed E-state index contributed by atoms with van der Waals surface area (Å²) in [5.41, 5.74) is 0.587. The molecule has 0 amide bonds. The molecule has 1 saturated carbocycles. The molecule has 1 aromatic carbocycles. The number of halogens is 1. The van der Waals surface area contributed by atoms with Crippen LogP contribution >= 0.6 is 15.9 Å². The molecule has 1 aliphatic carbocycles. The summed E-state index contributed by atoms with van der Waals surface area (Å²) < 4.78 is 28.5. The van der Waals surface area contributed by atoms with Crippen LogP contribution in [0.25, 0.3) is 0 Å². The van der Waals surface area contributed by atoms with Gasteiger partial charge in [0.15, 0.2) is 0 Å². The van der Waals surface area contributed by atoms with E-state index >= 15 is 0 Å². The van der Waals surface area contributed by atoms with E-state index < -0.39 is 10.0 Å². The molecule has 2 N–H and O–H groups in total. The van der Waals surface area contributed by atoms with Gasteiger partial charge in [-0.15, -0.1) is 0 Å². The van der Waals surface area contributed by atoms with Gasteiger partial charge in [-0.25, -0.2) is 13.1 Å². The van der Waals surface area contributed by atoms with Crippen LogP contribution in [-0.2, 0) is 16.6 Å². The zero-order chi connectivity index (χ0) is 15.6. The summed E-state index contributed by atoms with van der Waals surface area (Å²) in [5, 5.41) is 9.18. The number of rotatable bonds is 5. The van der Waals surface area contributed by atoms with E-state index in [1.807, 2.05) is 0 Å². The van der Waals surface area contributed by atoms with Gasteiger partial charge in [-0.2, -0.15) is 0 Å². The number of sulfonamides is 1. The Bertz CT molecular complexity index is 603. The fourth-order valence-electron chi connectivity index (χ4n) is 3.10. The van der Waals surface area contributed by atoms with Crippen molar-refractivity contribution < 1.29 is 13.5 Å². The van der Waals surface area contributed by atoms with Crippen LogP contribution in [0.3, 0.4) is 0 Å². The van der Waals surface area contributed by atoms with E-state index in [0.717, 1.165) is 19.3 Å². The van der Waals surface area contributed by atoms with Crippen molar-refractivity contribution in [2.24, 2.45) is 11.8 Å². The summed E-state index contributed by atoms with van der Waals surface area (Å²) in [4.78, 5) is 0.196. The topological polar surface area (TPSA) is 66.4 Å². The summed E-state index contributed by atoms with van der Waals surface area (Å²) >= 11 is 3.28. The van der Waals surface area contributed by atoms with E-state index in [-0.39, 0.29) is 17.5 Å². The molecule has 0 saturated heterocycles. The number of aliphatic hydroxyl groups excluding tert-OH is 1. The molecule has 1 aliphatic rings. The molecule has 0 radical (unpaired) electrons. The van der Waals surface area contributed by atoms with Crippen LogP contribution in [0, 0.1) is 11.8 Å². The van der Waals surface area contributed by atoms with E-state index in [9.17, 15) is 13.5 Å². The van der Waals surface area contributed by atoms with Crippen molar-refractivity contribution in [3.8, 4) is 0 Å². The van der Waals surface area contributed by atoms with E-state index in [0.29, 0.717) is 21.9 Å². The first-order chi connectivity index (χ1) is 9.89. The third-order valence-electron chi connectivity index (χ3n) is 4.53. The Balaban J connectivity index is 2.23. The van der Waals surface area contributed by atoms with Gasteiger partial charge >= 0.3 is 0 Å². The fourth-order valence-corrected chi connectivity index (χ4v) is 5.48. The minimum Gasteiger partial charge on any atom is -0.392 e. The highest BCUT2D eigenvalue weighted by molar-refractivity contribution is 9.10. The lowest BCUT2D eigenvalue weighted by Crippen LogP contribution is -2.37. The Kier molecular flexibility index (Phi) is 5.46. The van der Waals surface area contributed by atoms with Gasteiger partial charge in [-0.3, -0.25) is 0 Å². The highest BCUT2D eigenvalue weighted by Crippen LogP contribution is 2.35. The molecule has 3 unspecified atom stereocenters. The molecule has 3 atom stereocenters. The maximum absolute atomic E-state index is 12.6. The Hall–Kier alpha value is -0.430. The second-order valence-electron chi connectivity index (χ2n) is 5.76. The van der Waals surface area contributed by atoms with Crippen LogP contribution in [0.2, 0.25) is 0 Å². The second-order valence-corrected chi connectivity index (χ2v) is 8.29. The van der Waals surface area contributed by atoms with Gasteiger partial charge < -0.3 is 5.11 Å². The van der Waals surface area contributed by atoms with Crippen molar-refractivity contribution in [2.45, 2.75) is 50.7 Å². The largest absolute Gasteiger partial charge is 0.392 e. The standard InChI is InChI=1S/C15H22BrNO3S/c1-3-12-5-7-14(10(12)2)17-21(19,20)15-8-11(9-18)4-6-13(15)16/h4,6,8,10,12,14,17-18H,3,5,7,9H2,1-2H3. The molecule has 0 bridgehead atoms. The van der Waals surface area contributed by atoms with Crippen LogP contribution in [0.15, 0.2) is 27.6 Å². The summed E-state index contributed by atoms with van der Waals surface area (Å²) in [6, 6.07) is 4.87. The molecule has 0 aliphatic heterocycles. The quantitative estimate of drug-likeness (QED) is 0.830. The molecule has 0 aromatic heterocycles. The van der Waals surface area contributed by atoms with E-state index in [4.69, 9.17) is 0 Å². The van der Waals surface area contributed by atoms with Gasteiger partial charge in [0.1, 0.15) is 0 Å². The lowest BCUT2D eigenvalue weighted by molar-refractivity contribution is 0.281. The molecule has 0 spiro atoms. The van der Waals surface area contributed by atoms with Crippen molar-refractivity contribution in [2.75, 3.05) is 0 Å². The number of hydrogen-bond donors (Lipinski definition) is 2. The molecular weight excluding hydrogens is 354 g/mol. The van der Waals surface area contributed by atoms with E-state index in [2.05, 4.69) is 34.5 Å². The Morgan fingerprint density at radius 2 is 2.10 bits per heavy atom. The molecule has 1 aromatic rings. The molecule has 21 heavy (non-hydrogen) atoms. The number of benzene rings is 1. The van der Waals surface area contributed by atoms with Crippen molar-refractivity contribution >= 4 is 26.0 Å². The minimum atomic E-state index is -3.58. The predicted octanol–water partition coefficient (Wildman–Crippen LogP) is 3.04. The smallest absolute Gasteiger partial charge is 0.241 e. The van der Waals surface area contributed by atoms with Gasteiger partial charge in [0.2, 0.25) is 10.0 Å². The summed E-state index contributed by atoms with van der Waals surface area (Å²) in [6.07, 6.45) is 3.04. The summed E-state index contributed by atoms with van der Waals surface area (Å²) in [6.45, 7) is 4.10. The van der Waals surface area contributed by atoms with Gasteiger partial charge in [0, 0.05) is 10.5 Å². The summed E-state index contributed by atoms with van der Waals surface area (Å²) in [7, 11) is -3.58. The predicted molar refractivity (Wildman–Crippen MR) is 86.4 cm³/mol. The van der Waals surface area contributed by atoms with Crippen molar-refractivity contribution in [3.63, 3.8) is 0 Å². The molecular formula is C15H22BrNO3S. The third kappa shape index (κ3) is 3.67. The van der Waals surface area contributed by atoms with Crippen molar-refractivity contribution in [3.05, 3.63) is 28.2 Å². The highest BCUT2D eigenvalue weighted by Gasteiger charge is 2.34. The first kappa shape index (κ1) is 16.9. The Labute approximate surface area is 135 Å². The van der Waals surface area contributed by atoms with Gasteiger partial charge in [-0.05, 0) is 58.3 Å². The van der Waals surface area contributed by atoms with Gasteiger partial charge in [0.05, 0.1) is 11.5 Å². The van der Waals surface area contributed by atoms with E-state index in [1.165, 1.54) is 6.07 Å². The maximum atomic E-state index is 12.6. The molecule has 6 heteroatoms. The monoisotopic (exact) mass is 375 g/mol. The van der Waals surface area contributed by atoms with Crippen LogP contribution in [0.4, 0.5) is 0 Å². The van der Waals surface area contributed by atoms with Crippen LogP contribution in [0.5, 0.6) is 0 Å². The lowest BCUT2D eigenvalue weighted by Gasteiger charge is -2.21. The van der Waals surface area contributed by atoms with Gasteiger partial charge in [-0.1, -0.05) is 26.3 Å². The zero-order valence-corrected chi connectivity index (χ0v) is 14.7. The first-order valence-corrected chi connectivity index (χ1v) is 9.58. The average Bonchev–Trinajstić information content (AvgIpc) is 2.79. The second kappa shape index (κ2) is 6.77. The summed E-state index contributed by atoms with van der Waals surface area (Å²) in [5.74, 6) is 0.939. The fraction of sp³-hybridized carbons (Fsp3) is 0.600. The highest BCUT2D eigenvalue weighted by atomic mass is 79.9. The molecule has 2 rings (SSSR count). The molecule has 4 nitrogen and oxygen atoms in total. The lowest BCUT2D eigenvalue weighted by atomic mass is 9.94. The maximum Gasteiger partial charge on any atom is 0.241 e. The van der Waals surface area contributed by atoms with Crippen LogP contribution < -0.4 is 4.72 Å². The Morgan fingerprint density at radius 3 is 2.67 bits per heavy atom. The molecule has 1 fully saturated rings. The van der Waals surface area contributed by atoms with Crippen LogP contribution in [0.1, 0.15) is 38.7 Å². The van der Waals surface area contributed by atoms with E-state index in [1.54, 1.807) is 12.1 Å². The average molecular weight is 376 g/mol. The van der Waals surface area contributed by atoms with Crippen molar-refractivity contribution in [1.82, 2.24) is 4.72 Å². The third-order valence-corrected chi connectivity index (χ3v) is 7.01. The van der Waals surface area contributed by atoms with Gasteiger partial charge in [0.25, 0.3) is 0 Å². The molecule has 118 valence electrons. The van der Waals surface area contributed by atoms with Crippen molar-refractivity contribution in [1.29, 1.82) is 0 Å². The normalized spacial score (nSPS) is 26.2. The number of aliphatic hydroxyl groups is 1. The van der Waals surface area contributed by atoms with Crippen LogP contribution in [-0.4, -0.2) is 19.6 Å². The Morgan fingerprint density at radius 1 is 1.38 bits per heavy atom. The minimum absolute atomic E-state index is 0.00960. The zero-order valence-electron chi connectivity index (χ0n) is 12.3. The first-order valence-electron chi connectivity index (χ1n) is 7.30. The SMILES string of the molecule is CCC1CCC(NS(=O)(=O)c2cc(CO)ccc2Br)C1C. The molecule has 0 heterocycles. The number of hydrogen-bond acceptors (Lipinski definition) is 3. The number of nitrogens with one attached hydrogen (secondary N) is 1.